The predicted molar refractivity (Wildman–Crippen MR) is 156 cm³/mol. The van der Waals surface area contributed by atoms with Crippen LogP contribution >= 0.6 is 0 Å². The van der Waals surface area contributed by atoms with Crippen molar-refractivity contribution in [3.05, 3.63) is 72.1 Å². The summed E-state index contributed by atoms with van der Waals surface area (Å²) >= 11 is 0. The third-order valence-corrected chi connectivity index (χ3v) is 7.67. The van der Waals surface area contributed by atoms with Gasteiger partial charge in [-0.25, -0.2) is 15.0 Å². The first-order valence-electron chi connectivity index (χ1n) is 13.5. The number of carbonyl (C=O) groups is 2. The number of fused-ring (bicyclic) bond motifs is 1. The monoisotopic (exact) mass is 580 g/mol. The van der Waals surface area contributed by atoms with E-state index in [2.05, 4.69) is 20.1 Å². The average molecular weight is 581 g/mol. The summed E-state index contributed by atoms with van der Waals surface area (Å²) in [5.74, 6) is 0.501. The number of ether oxygens (including phenoxy) is 2. The number of hydrogen-bond donors (Lipinski definition) is 2. The number of nitrogens with two attached hydrogens (primary N) is 1. The molecule has 6 rings (SSSR count). The standard InChI is InChI=1S/C30H28N8O5/c1-42-23-6-4-18(13-24(23)43-2)22-5-3-19(14-34-22)20-15-35-38-27(31)21(16-39)25(36-28(20)38)17-7-11-37(12-8-17)30(41)26-29(40)33-10-9-32-26/h3-6,9-10,13-17H,7-8,11-12,31H2,1-2H3,(H,33,40). The maximum atomic E-state index is 12.9. The lowest BCUT2D eigenvalue weighted by Crippen LogP contribution is -2.38. The molecule has 1 amide bonds. The van der Waals surface area contributed by atoms with E-state index >= 15 is 0 Å². The molecule has 0 radical (unpaired) electrons. The van der Waals surface area contributed by atoms with Gasteiger partial charge in [-0.3, -0.25) is 14.6 Å². The van der Waals surface area contributed by atoms with Crippen LogP contribution in [0, 0.1) is 0 Å². The molecule has 0 spiro atoms. The van der Waals surface area contributed by atoms with Gasteiger partial charge in [0, 0.05) is 54.3 Å². The molecule has 218 valence electrons. The van der Waals surface area contributed by atoms with E-state index in [1.807, 2.05) is 30.3 Å². The Balaban J connectivity index is 1.28. The van der Waals surface area contributed by atoms with Gasteiger partial charge in [0.25, 0.3) is 5.91 Å². The molecule has 0 aliphatic carbocycles. The Morgan fingerprint density at radius 1 is 1.00 bits per heavy atom. The molecule has 1 saturated heterocycles. The van der Waals surface area contributed by atoms with Gasteiger partial charge in [0.15, 0.2) is 29.1 Å². The summed E-state index contributed by atoms with van der Waals surface area (Å²) in [4.78, 5) is 43.9. The number of hydrogen-bond acceptors (Lipinski definition) is 11. The summed E-state index contributed by atoms with van der Waals surface area (Å²) in [5, 5.41) is 14.4. The normalized spacial score (nSPS) is 13.7. The molecular formula is C30H28N8O5. The van der Waals surface area contributed by atoms with Crippen LogP contribution in [-0.4, -0.2) is 79.1 Å². The Morgan fingerprint density at radius 3 is 2.42 bits per heavy atom. The maximum absolute atomic E-state index is 12.9. The number of nitrogen functional groups attached to an aromatic ring is 1. The predicted octanol–water partition coefficient (Wildman–Crippen LogP) is 3.39. The molecule has 0 unspecified atom stereocenters. The second-order valence-electron chi connectivity index (χ2n) is 10.0. The second kappa shape index (κ2) is 11.4. The van der Waals surface area contributed by atoms with Gasteiger partial charge < -0.3 is 25.2 Å². The minimum atomic E-state index is -0.405. The SMILES string of the molecule is COc1ccc(-c2ccc(-c3cnn4c(N)c(C=O)c(C5CCN(C(=O)c6nccnc6O)CC5)nc34)cn2)cc1OC. The Kier molecular flexibility index (Phi) is 7.28. The van der Waals surface area contributed by atoms with E-state index < -0.39 is 11.8 Å². The first kappa shape index (κ1) is 27.6. The number of aromatic hydroxyl groups is 1. The average Bonchev–Trinajstić information content (AvgIpc) is 3.49. The van der Waals surface area contributed by atoms with Crippen molar-refractivity contribution in [2.45, 2.75) is 18.8 Å². The fourth-order valence-electron chi connectivity index (χ4n) is 5.39. The first-order chi connectivity index (χ1) is 20.9. The van der Waals surface area contributed by atoms with Crippen molar-refractivity contribution in [2.24, 2.45) is 0 Å². The maximum Gasteiger partial charge on any atom is 0.278 e. The van der Waals surface area contributed by atoms with Gasteiger partial charge in [-0.05, 0) is 37.1 Å². The van der Waals surface area contributed by atoms with E-state index in [-0.39, 0.29) is 23.0 Å². The number of amides is 1. The number of rotatable bonds is 7. The number of aromatic nitrogens is 6. The van der Waals surface area contributed by atoms with E-state index in [0.717, 1.165) is 16.8 Å². The second-order valence-corrected chi connectivity index (χ2v) is 10.0. The lowest BCUT2D eigenvalue weighted by atomic mass is 9.90. The quantitative estimate of drug-likeness (QED) is 0.270. The van der Waals surface area contributed by atoms with Gasteiger partial charge >= 0.3 is 0 Å². The van der Waals surface area contributed by atoms with E-state index in [1.54, 1.807) is 31.5 Å². The molecule has 0 bridgehead atoms. The Hall–Kier alpha value is -5.59. The smallest absolute Gasteiger partial charge is 0.278 e. The van der Waals surface area contributed by atoms with Crippen molar-refractivity contribution in [2.75, 3.05) is 33.0 Å². The van der Waals surface area contributed by atoms with Gasteiger partial charge in [0.05, 0.1) is 37.4 Å². The number of pyridine rings is 1. The molecule has 13 nitrogen and oxygen atoms in total. The van der Waals surface area contributed by atoms with Crippen LogP contribution in [0.25, 0.3) is 28.0 Å². The van der Waals surface area contributed by atoms with Crippen LogP contribution in [0.5, 0.6) is 17.4 Å². The molecule has 1 fully saturated rings. The summed E-state index contributed by atoms with van der Waals surface area (Å²) in [5.41, 5.74) is 10.8. The zero-order valence-electron chi connectivity index (χ0n) is 23.5. The first-order valence-corrected chi connectivity index (χ1v) is 13.5. The summed E-state index contributed by atoms with van der Waals surface area (Å²) in [6.45, 7) is 0.774. The van der Waals surface area contributed by atoms with Crippen molar-refractivity contribution < 1.29 is 24.2 Å². The molecule has 1 aromatic carbocycles. The molecule has 13 heteroatoms. The number of aldehydes is 1. The largest absolute Gasteiger partial charge is 0.493 e. The van der Waals surface area contributed by atoms with Crippen LogP contribution in [0.15, 0.2) is 55.1 Å². The topological polar surface area (TPSA) is 171 Å². The number of methoxy groups -OCH3 is 2. The summed E-state index contributed by atoms with van der Waals surface area (Å²) < 4.78 is 12.2. The van der Waals surface area contributed by atoms with Crippen LogP contribution in [0.3, 0.4) is 0 Å². The fraction of sp³-hybridized carbons (Fsp3) is 0.233. The van der Waals surface area contributed by atoms with Gasteiger partial charge in [0.2, 0.25) is 5.88 Å². The molecule has 4 aromatic heterocycles. The molecule has 1 aliphatic rings. The van der Waals surface area contributed by atoms with Crippen LogP contribution in [0.4, 0.5) is 5.82 Å². The summed E-state index contributed by atoms with van der Waals surface area (Å²) in [7, 11) is 3.17. The van der Waals surface area contributed by atoms with E-state index in [1.165, 1.54) is 16.9 Å². The van der Waals surface area contributed by atoms with Crippen LogP contribution in [0.2, 0.25) is 0 Å². The number of nitrogens with zero attached hydrogens (tertiary/aromatic N) is 7. The minimum Gasteiger partial charge on any atom is -0.493 e. The minimum absolute atomic E-state index is 0.0898. The van der Waals surface area contributed by atoms with Gasteiger partial charge in [-0.15, -0.1) is 0 Å². The molecule has 5 heterocycles. The summed E-state index contributed by atoms with van der Waals surface area (Å²) in [6.07, 6.45) is 7.86. The Morgan fingerprint density at radius 2 is 1.74 bits per heavy atom. The molecule has 1 aliphatic heterocycles. The van der Waals surface area contributed by atoms with Gasteiger partial charge in [-0.2, -0.15) is 9.61 Å². The third-order valence-electron chi connectivity index (χ3n) is 7.67. The highest BCUT2D eigenvalue weighted by atomic mass is 16.5. The van der Waals surface area contributed by atoms with E-state index in [4.69, 9.17) is 20.2 Å². The number of benzene rings is 1. The number of likely N-dealkylation sites (tertiary alicyclic amines) is 1. The summed E-state index contributed by atoms with van der Waals surface area (Å²) in [6, 6.07) is 9.41. The van der Waals surface area contributed by atoms with Gasteiger partial charge in [-0.1, -0.05) is 6.07 Å². The highest BCUT2D eigenvalue weighted by molar-refractivity contribution is 5.94. The molecule has 5 aromatic rings. The number of anilines is 1. The number of carbonyl (C=O) groups excluding carboxylic acids is 2. The Bertz CT molecular complexity index is 1830. The molecule has 0 atom stereocenters. The van der Waals surface area contributed by atoms with Crippen LogP contribution in [0.1, 0.15) is 45.3 Å². The van der Waals surface area contributed by atoms with Crippen molar-refractivity contribution in [3.8, 4) is 39.8 Å². The lowest BCUT2D eigenvalue weighted by molar-refractivity contribution is 0.0701. The zero-order valence-corrected chi connectivity index (χ0v) is 23.5. The van der Waals surface area contributed by atoms with E-state index in [0.29, 0.717) is 60.6 Å². The van der Waals surface area contributed by atoms with Gasteiger partial charge in [0.1, 0.15) is 5.82 Å². The van der Waals surface area contributed by atoms with Crippen molar-refractivity contribution in [1.29, 1.82) is 0 Å². The highest BCUT2D eigenvalue weighted by Crippen LogP contribution is 2.35. The molecule has 43 heavy (non-hydrogen) atoms. The lowest BCUT2D eigenvalue weighted by Gasteiger charge is -2.32. The number of piperidine rings is 1. The van der Waals surface area contributed by atoms with E-state index in [9.17, 15) is 14.7 Å². The zero-order chi connectivity index (χ0) is 30.1. The van der Waals surface area contributed by atoms with Crippen molar-refractivity contribution in [3.63, 3.8) is 0 Å². The van der Waals surface area contributed by atoms with Crippen LogP contribution < -0.4 is 15.2 Å². The molecule has 0 saturated carbocycles. The van der Waals surface area contributed by atoms with Crippen molar-refractivity contribution >= 4 is 23.7 Å². The highest BCUT2D eigenvalue weighted by Gasteiger charge is 2.30. The van der Waals surface area contributed by atoms with Crippen LogP contribution in [-0.2, 0) is 0 Å². The van der Waals surface area contributed by atoms with Crippen molar-refractivity contribution in [1.82, 2.24) is 34.4 Å². The Labute approximate surface area is 246 Å². The molecular weight excluding hydrogens is 552 g/mol. The molecule has 3 N–H and O–H groups in total. The third kappa shape index (κ3) is 4.94. The fourth-order valence-corrected chi connectivity index (χ4v) is 5.39.